The molecule has 1 unspecified atom stereocenters. The Bertz CT molecular complexity index is 551. The molecule has 0 aliphatic rings. The smallest absolute Gasteiger partial charge is 0.126 e. The van der Waals surface area contributed by atoms with E-state index in [2.05, 4.69) is 24.1 Å². The van der Waals surface area contributed by atoms with Crippen LogP contribution in [-0.4, -0.2) is 11.5 Å². The summed E-state index contributed by atoms with van der Waals surface area (Å²) in [5.74, 6) is -0.175. The topological polar surface area (TPSA) is 24.9 Å². The fourth-order valence-electron chi connectivity index (χ4n) is 1.81. The van der Waals surface area contributed by atoms with Crippen LogP contribution < -0.4 is 5.32 Å². The van der Waals surface area contributed by atoms with Crippen molar-refractivity contribution < 1.29 is 4.39 Å². The zero-order chi connectivity index (χ0) is 13.8. The van der Waals surface area contributed by atoms with Gasteiger partial charge in [0.2, 0.25) is 0 Å². The normalized spacial score (nSPS) is 12.6. The molecule has 1 N–H and O–H groups in total. The highest BCUT2D eigenvalue weighted by Crippen LogP contribution is 2.29. The molecule has 2 nitrogen and oxygen atoms in total. The zero-order valence-electron chi connectivity index (χ0n) is 11.5. The highest BCUT2D eigenvalue weighted by atomic mass is 32.1. The molecule has 2 aromatic rings. The number of benzene rings is 1. The predicted molar refractivity (Wildman–Crippen MR) is 79.0 cm³/mol. The second kappa shape index (κ2) is 6.26. The number of halogens is 1. The molecule has 0 fully saturated rings. The largest absolute Gasteiger partial charge is 0.309 e. The maximum atomic E-state index is 13.6. The molecule has 0 radical (unpaired) electrons. The second-order valence-corrected chi connectivity index (χ2v) is 5.77. The first kappa shape index (κ1) is 14.2. The van der Waals surface area contributed by atoms with Gasteiger partial charge in [0, 0.05) is 22.7 Å². The van der Waals surface area contributed by atoms with E-state index in [4.69, 9.17) is 0 Å². The number of aromatic nitrogens is 1. The summed E-state index contributed by atoms with van der Waals surface area (Å²) in [5, 5.41) is 4.30. The van der Waals surface area contributed by atoms with E-state index < -0.39 is 0 Å². The molecule has 0 bridgehead atoms. The first-order chi connectivity index (χ1) is 9.11. The van der Waals surface area contributed by atoms with Crippen molar-refractivity contribution in [3.8, 4) is 10.6 Å². The van der Waals surface area contributed by atoms with E-state index >= 15 is 0 Å². The summed E-state index contributed by atoms with van der Waals surface area (Å²) >= 11 is 1.62. The molecule has 19 heavy (non-hydrogen) atoms. The van der Waals surface area contributed by atoms with Crippen LogP contribution in [-0.2, 0) is 0 Å². The molecule has 0 aliphatic carbocycles. The summed E-state index contributed by atoms with van der Waals surface area (Å²) in [6.45, 7) is 7.03. The number of hydrogen-bond acceptors (Lipinski definition) is 3. The average Bonchev–Trinajstić information content (AvgIpc) is 2.89. The quantitative estimate of drug-likeness (QED) is 0.881. The Morgan fingerprint density at radius 2 is 2.21 bits per heavy atom. The van der Waals surface area contributed by atoms with E-state index in [1.807, 2.05) is 12.3 Å². The molecule has 0 saturated heterocycles. The van der Waals surface area contributed by atoms with Crippen molar-refractivity contribution >= 4 is 11.3 Å². The molecule has 1 aromatic heterocycles. The maximum Gasteiger partial charge on any atom is 0.126 e. The van der Waals surface area contributed by atoms with Crippen LogP contribution in [0, 0.1) is 12.7 Å². The van der Waals surface area contributed by atoms with Crippen molar-refractivity contribution in [1.29, 1.82) is 0 Å². The molecular formula is C15H19FN2S. The van der Waals surface area contributed by atoms with Gasteiger partial charge in [0.1, 0.15) is 10.8 Å². The van der Waals surface area contributed by atoms with Crippen LogP contribution in [0.1, 0.15) is 36.8 Å². The van der Waals surface area contributed by atoms with Crippen molar-refractivity contribution in [1.82, 2.24) is 10.3 Å². The number of hydrogen-bond donors (Lipinski definition) is 1. The minimum atomic E-state index is -0.175. The van der Waals surface area contributed by atoms with E-state index in [1.54, 1.807) is 30.4 Å². The van der Waals surface area contributed by atoms with Crippen molar-refractivity contribution in [2.75, 3.05) is 6.54 Å². The third kappa shape index (κ3) is 3.39. The van der Waals surface area contributed by atoms with Gasteiger partial charge in [-0.1, -0.05) is 19.1 Å². The molecule has 1 atom stereocenters. The molecule has 102 valence electrons. The lowest BCUT2D eigenvalue weighted by Crippen LogP contribution is -2.18. The Balaban J connectivity index is 2.18. The van der Waals surface area contributed by atoms with Gasteiger partial charge in [-0.2, -0.15) is 0 Å². The molecule has 4 heteroatoms. The van der Waals surface area contributed by atoms with Crippen molar-refractivity contribution in [3.05, 3.63) is 40.7 Å². The van der Waals surface area contributed by atoms with Crippen LogP contribution in [0.15, 0.2) is 24.4 Å². The van der Waals surface area contributed by atoms with Crippen molar-refractivity contribution in [3.63, 3.8) is 0 Å². The molecule has 1 heterocycles. The predicted octanol–water partition coefficient (Wildman–Crippen LogP) is 4.32. The summed E-state index contributed by atoms with van der Waals surface area (Å²) in [6.07, 6.45) is 2.99. The van der Waals surface area contributed by atoms with Gasteiger partial charge in [0.25, 0.3) is 0 Å². The van der Waals surface area contributed by atoms with E-state index in [0.29, 0.717) is 11.6 Å². The monoisotopic (exact) mass is 278 g/mol. The number of thiazole rings is 1. The second-order valence-electron chi connectivity index (χ2n) is 4.71. The van der Waals surface area contributed by atoms with Gasteiger partial charge < -0.3 is 5.32 Å². The number of nitrogens with one attached hydrogen (secondary N) is 1. The standard InChI is InChI=1S/C15H19FN2S/c1-4-7-17-11(3)14-9-18-15(19-14)12-6-5-10(2)13(16)8-12/h5-6,8-9,11,17H,4,7H2,1-3H3. The lowest BCUT2D eigenvalue weighted by Gasteiger charge is -2.09. The van der Waals surface area contributed by atoms with Crippen LogP contribution in [0.5, 0.6) is 0 Å². The van der Waals surface area contributed by atoms with Crippen LogP contribution in [0.3, 0.4) is 0 Å². The highest BCUT2D eigenvalue weighted by Gasteiger charge is 2.11. The Morgan fingerprint density at radius 1 is 1.42 bits per heavy atom. The lowest BCUT2D eigenvalue weighted by molar-refractivity contribution is 0.577. The summed E-state index contributed by atoms with van der Waals surface area (Å²) in [4.78, 5) is 5.58. The van der Waals surface area contributed by atoms with E-state index in [1.165, 1.54) is 4.88 Å². The van der Waals surface area contributed by atoms with Crippen LogP contribution in [0.25, 0.3) is 10.6 Å². The average molecular weight is 278 g/mol. The van der Waals surface area contributed by atoms with Gasteiger partial charge in [0.05, 0.1) is 0 Å². The van der Waals surface area contributed by atoms with Crippen LogP contribution in [0.2, 0.25) is 0 Å². The minimum absolute atomic E-state index is 0.175. The Morgan fingerprint density at radius 3 is 2.89 bits per heavy atom. The number of rotatable bonds is 5. The van der Waals surface area contributed by atoms with Gasteiger partial charge in [-0.05, 0) is 38.4 Å². The van der Waals surface area contributed by atoms with Crippen LogP contribution >= 0.6 is 11.3 Å². The van der Waals surface area contributed by atoms with E-state index in [0.717, 1.165) is 23.5 Å². The van der Waals surface area contributed by atoms with Gasteiger partial charge in [-0.15, -0.1) is 11.3 Å². The number of nitrogens with zero attached hydrogens (tertiary/aromatic N) is 1. The Hall–Kier alpha value is -1.26. The summed E-state index contributed by atoms with van der Waals surface area (Å²) < 4.78 is 13.6. The van der Waals surface area contributed by atoms with Crippen molar-refractivity contribution in [2.45, 2.75) is 33.2 Å². The number of aryl methyl sites for hydroxylation is 1. The van der Waals surface area contributed by atoms with Crippen molar-refractivity contribution in [2.24, 2.45) is 0 Å². The first-order valence-corrected chi connectivity index (χ1v) is 7.39. The molecule has 0 spiro atoms. The van der Waals surface area contributed by atoms with E-state index in [-0.39, 0.29) is 5.82 Å². The molecule has 0 amide bonds. The Labute approximate surface area is 117 Å². The van der Waals surface area contributed by atoms with Gasteiger partial charge >= 0.3 is 0 Å². The molecular weight excluding hydrogens is 259 g/mol. The van der Waals surface area contributed by atoms with Gasteiger partial charge in [-0.25, -0.2) is 9.37 Å². The molecule has 1 aromatic carbocycles. The summed E-state index contributed by atoms with van der Waals surface area (Å²) in [6, 6.07) is 5.57. The van der Waals surface area contributed by atoms with E-state index in [9.17, 15) is 4.39 Å². The zero-order valence-corrected chi connectivity index (χ0v) is 12.4. The maximum absolute atomic E-state index is 13.6. The first-order valence-electron chi connectivity index (χ1n) is 6.57. The molecule has 2 rings (SSSR count). The molecule has 0 aliphatic heterocycles. The SMILES string of the molecule is CCCNC(C)c1cnc(-c2ccc(C)c(F)c2)s1. The highest BCUT2D eigenvalue weighted by molar-refractivity contribution is 7.15. The summed E-state index contributed by atoms with van der Waals surface area (Å²) in [5.41, 5.74) is 1.51. The Kier molecular flexibility index (Phi) is 4.66. The minimum Gasteiger partial charge on any atom is -0.309 e. The third-order valence-corrected chi connectivity index (χ3v) is 4.30. The third-order valence-electron chi connectivity index (χ3n) is 3.07. The summed E-state index contributed by atoms with van der Waals surface area (Å²) in [7, 11) is 0. The van der Waals surface area contributed by atoms with Gasteiger partial charge in [-0.3, -0.25) is 0 Å². The lowest BCUT2D eigenvalue weighted by atomic mass is 10.1. The van der Waals surface area contributed by atoms with Crippen LogP contribution in [0.4, 0.5) is 4.39 Å². The fraction of sp³-hybridized carbons (Fsp3) is 0.400. The van der Waals surface area contributed by atoms with Gasteiger partial charge in [0.15, 0.2) is 0 Å². The molecule has 0 saturated carbocycles. The fourth-order valence-corrected chi connectivity index (χ4v) is 2.75.